The van der Waals surface area contributed by atoms with Gasteiger partial charge in [-0.25, -0.2) is 4.79 Å². The fourth-order valence-corrected chi connectivity index (χ4v) is 3.97. The lowest BCUT2D eigenvalue weighted by molar-refractivity contribution is -0.140. The van der Waals surface area contributed by atoms with E-state index in [9.17, 15) is 9.59 Å². The largest absolute Gasteiger partial charge is 0.488 e. The van der Waals surface area contributed by atoms with E-state index in [0.29, 0.717) is 18.6 Å². The van der Waals surface area contributed by atoms with Crippen molar-refractivity contribution in [2.75, 3.05) is 14.2 Å². The molecule has 188 valence electrons. The molecule has 1 unspecified atom stereocenters. The lowest BCUT2D eigenvalue weighted by Crippen LogP contribution is -2.05. The van der Waals surface area contributed by atoms with Crippen LogP contribution in [-0.2, 0) is 27.3 Å². The summed E-state index contributed by atoms with van der Waals surface area (Å²) < 4.78 is 15.7. The Bertz CT molecular complexity index is 1120. The minimum Gasteiger partial charge on any atom is -0.488 e. The van der Waals surface area contributed by atoms with Gasteiger partial charge in [0.1, 0.15) is 12.4 Å². The van der Waals surface area contributed by atoms with Crippen LogP contribution in [0, 0.1) is 5.92 Å². The third-order valence-corrected chi connectivity index (χ3v) is 6.01. The highest BCUT2D eigenvalue weighted by atomic mass is 16.5. The lowest BCUT2D eigenvalue weighted by atomic mass is 9.92. The summed E-state index contributed by atoms with van der Waals surface area (Å²) in [4.78, 5) is 23.2. The first-order valence-electron chi connectivity index (χ1n) is 12.3. The van der Waals surface area contributed by atoms with Crippen LogP contribution in [0.1, 0.15) is 52.7 Å². The lowest BCUT2D eigenvalue weighted by Gasteiger charge is -2.14. The molecule has 3 aromatic carbocycles. The molecule has 0 saturated heterocycles. The Morgan fingerprint density at radius 2 is 1.53 bits per heavy atom. The highest BCUT2D eigenvalue weighted by Crippen LogP contribution is 2.24. The number of esters is 2. The standard InChI is InChI=1S/C31H34O5/c1-34-30(32)15-9-6-10-24(22-25-17-20-28(21-18-25)31(33)35-2)16-19-27-13-7-8-14-29(27)36-23-26-11-4-3-5-12-26/h3-5,7-8,11-14,16-21,24H,6,9-10,15,22-23H2,1-2H3. The molecule has 5 nitrogen and oxygen atoms in total. The molecule has 0 aliphatic rings. The molecule has 0 saturated carbocycles. The zero-order chi connectivity index (χ0) is 25.6. The Balaban J connectivity index is 1.70. The van der Waals surface area contributed by atoms with Crippen LogP contribution < -0.4 is 4.74 Å². The highest BCUT2D eigenvalue weighted by molar-refractivity contribution is 5.89. The second-order valence-electron chi connectivity index (χ2n) is 8.65. The van der Waals surface area contributed by atoms with E-state index in [4.69, 9.17) is 14.2 Å². The predicted molar refractivity (Wildman–Crippen MR) is 142 cm³/mol. The van der Waals surface area contributed by atoms with Gasteiger partial charge in [0.25, 0.3) is 0 Å². The fraction of sp³-hybridized carbons (Fsp3) is 0.290. The number of rotatable bonds is 13. The highest BCUT2D eigenvalue weighted by Gasteiger charge is 2.11. The third kappa shape index (κ3) is 8.73. The van der Waals surface area contributed by atoms with Gasteiger partial charge in [-0.2, -0.15) is 0 Å². The minimum atomic E-state index is -0.340. The summed E-state index contributed by atoms with van der Waals surface area (Å²) in [5.74, 6) is 0.580. The quantitative estimate of drug-likeness (QED) is 0.200. The van der Waals surface area contributed by atoms with Gasteiger partial charge in [0.05, 0.1) is 19.8 Å². The van der Waals surface area contributed by atoms with Crippen LogP contribution >= 0.6 is 0 Å². The molecule has 1 atom stereocenters. The number of benzene rings is 3. The van der Waals surface area contributed by atoms with E-state index >= 15 is 0 Å². The number of methoxy groups -OCH3 is 2. The zero-order valence-corrected chi connectivity index (χ0v) is 21.0. The second kappa shape index (κ2) is 14.5. The van der Waals surface area contributed by atoms with E-state index in [1.54, 1.807) is 12.1 Å². The molecule has 0 aliphatic carbocycles. The Hall–Kier alpha value is -3.86. The van der Waals surface area contributed by atoms with Crippen molar-refractivity contribution in [2.24, 2.45) is 5.92 Å². The van der Waals surface area contributed by atoms with E-state index in [-0.39, 0.29) is 17.9 Å². The van der Waals surface area contributed by atoms with Gasteiger partial charge in [0, 0.05) is 12.0 Å². The van der Waals surface area contributed by atoms with Crippen LogP contribution in [0.5, 0.6) is 5.75 Å². The molecule has 36 heavy (non-hydrogen) atoms. The van der Waals surface area contributed by atoms with E-state index in [1.807, 2.05) is 60.7 Å². The van der Waals surface area contributed by atoms with Crippen molar-refractivity contribution < 1.29 is 23.8 Å². The second-order valence-corrected chi connectivity index (χ2v) is 8.65. The van der Waals surface area contributed by atoms with Gasteiger partial charge >= 0.3 is 11.9 Å². The molecular formula is C31H34O5. The van der Waals surface area contributed by atoms with Crippen molar-refractivity contribution in [3.8, 4) is 5.75 Å². The van der Waals surface area contributed by atoms with E-state index < -0.39 is 0 Å². The third-order valence-electron chi connectivity index (χ3n) is 6.01. The van der Waals surface area contributed by atoms with E-state index in [0.717, 1.165) is 48.1 Å². The molecule has 0 radical (unpaired) electrons. The summed E-state index contributed by atoms with van der Waals surface area (Å²) in [5.41, 5.74) is 3.82. The van der Waals surface area contributed by atoms with Gasteiger partial charge in [-0.1, -0.05) is 79.2 Å². The maximum absolute atomic E-state index is 11.8. The van der Waals surface area contributed by atoms with E-state index in [1.165, 1.54) is 14.2 Å². The van der Waals surface area contributed by atoms with Crippen LogP contribution in [0.15, 0.2) is 84.9 Å². The van der Waals surface area contributed by atoms with Crippen molar-refractivity contribution in [2.45, 2.75) is 38.7 Å². The van der Waals surface area contributed by atoms with Crippen LogP contribution in [0.2, 0.25) is 0 Å². The molecule has 0 bridgehead atoms. The van der Waals surface area contributed by atoms with Gasteiger partial charge in [-0.15, -0.1) is 0 Å². The van der Waals surface area contributed by atoms with Crippen LogP contribution in [0.3, 0.4) is 0 Å². The molecular weight excluding hydrogens is 452 g/mol. The average molecular weight is 487 g/mol. The van der Waals surface area contributed by atoms with Gasteiger partial charge in [0.2, 0.25) is 0 Å². The maximum Gasteiger partial charge on any atom is 0.337 e. The Labute approximate surface area is 213 Å². The van der Waals surface area contributed by atoms with Gasteiger partial charge < -0.3 is 14.2 Å². The summed E-state index contributed by atoms with van der Waals surface area (Å²) in [7, 11) is 2.80. The number of unbranched alkanes of at least 4 members (excludes halogenated alkanes) is 1. The summed E-state index contributed by atoms with van der Waals surface area (Å²) in [6.07, 6.45) is 8.22. The van der Waals surface area contributed by atoms with Crippen molar-refractivity contribution in [1.29, 1.82) is 0 Å². The number of ether oxygens (including phenoxy) is 3. The van der Waals surface area contributed by atoms with Crippen LogP contribution in [-0.4, -0.2) is 26.2 Å². The summed E-state index contributed by atoms with van der Waals surface area (Å²) >= 11 is 0. The number of hydrogen-bond acceptors (Lipinski definition) is 5. The van der Waals surface area contributed by atoms with Crippen LogP contribution in [0.4, 0.5) is 0 Å². The first-order valence-corrected chi connectivity index (χ1v) is 12.3. The van der Waals surface area contributed by atoms with Crippen molar-refractivity contribution >= 4 is 18.0 Å². The molecule has 0 spiro atoms. The number of para-hydroxylation sites is 1. The van der Waals surface area contributed by atoms with Crippen LogP contribution in [0.25, 0.3) is 6.08 Å². The van der Waals surface area contributed by atoms with E-state index in [2.05, 4.69) is 18.2 Å². The molecule has 0 heterocycles. The Kier molecular flexibility index (Phi) is 10.8. The van der Waals surface area contributed by atoms with Crippen molar-refractivity contribution in [1.82, 2.24) is 0 Å². The Morgan fingerprint density at radius 1 is 0.806 bits per heavy atom. The first-order chi connectivity index (χ1) is 17.6. The summed E-state index contributed by atoms with van der Waals surface area (Å²) in [6.45, 7) is 0.509. The van der Waals surface area contributed by atoms with Gasteiger partial charge in [-0.05, 0) is 54.5 Å². The summed E-state index contributed by atoms with van der Waals surface area (Å²) in [6, 6.07) is 25.7. The maximum atomic E-state index is 11.8. The van der Waals surface area contributed by atoms with Gasteiger partial charge in [-0.3, -0.25) is 4.79 Å². The molecule has 0 aromatic heterocycles. The molecule has 5 heteroatoms. The number of carbonyl (C=O) groups excluding carboxylic acids is 2. The molecule has 0 fully saturated rings. The molecule has 0 N–H and O–H groups in total. The number of hydrogen-bond donors (Lipinski definition) is 0. The zero-order valence-electron chi connectivity index (χ0n) is 21.0. The van der Waals surface area contributed by atoms with Crippen molar-refractivity contribution in [3.05, 3.63) is 107 Å². The molecule has 3 aromatic rings. The molecule has 0 amide bonds. The van der Waals surface area contributed by atoms with Crippen molar-refractivity contribution in [3.63, 3.8) is 0 Å². The molecule has 3 rings (SSSR count). The monoisotopic (exact) mass is 486 g/mol. The predicted octanol–water partition coefficient (Wildman–Crippen LogP) is 6.66. The first kappa shape index (κ1) is 26.7. The minimum absolute atomic E-state index is 0.176. The average Bonchev–Trinajstić information content (AvgIpc) is 2.93. The number of allylic oxidation sites excluding steroid dienone is 1. The normalized spacial score (nSPS) is 11.7. The fourth-order valence-electron chi connectivity index (χ4n) is 3.97. The van der Waals surface area contributed by atoms with Gasteiger partial charge in [0.15, 0.2) is 0 Å². The smallest absolute Gasteiger partial charge is 0.337 e. The SMILES string of the molecule is COC(=O)CCCCC(C=Cc1ccccc1OCc1ccccc1)Cc1ccc(C(=O)OC)cc1. The topological polar surface area (TPSA) is 61.8 Å². The Morgan fingerprint density at radius 3 is 2.25 bits per heavy atom. The summed E-state index contributed by atoms with van der Waals surface area (Å²) in [5, 5.41) is 0. The number of carbonyl (C=O) groups is 2. The molecule has 0 aliphatic heterocycles.